The van der Waals surface area contributed by atoms with Gasteiger partial charge in [0.05, 0.1) is 6.54 Å². The highest BCUT2D eigenvalue weighted by Crippen LogP contribution is 2.35. The number of carboxylic acid groups (broad SMARTS) is 1. The molecule has 2 atom stereocenters. The Morgan fingerprint density at radius 3 is 2.42 bits per heavy atom. The molecule has 5 heteroatoms. The summed E-state index contributed by atoms with van der Waals surface area (Å²) < 4.78 is 0. The van der Waals surface area contributed by atoms with Gasteiger partial charge in [-0.3, -0.25) is 19.5 Å². The van der Waals surface area contributed by atoms with Crippen molar-refractivity contribution in [2.75, 3.05) is 6.54 Å². The molecule has 1 N–H and O–H groups in total. The first kappa shape index (κ1) is 20.7. The second-order valence-corrected chi connectivity index (χ2v) is 7.75. The molecule has 3 aromatic rings. The Kier molecular flexibility index (Phi) is 5.78. The molecule has 2 unspecified atom stereocenters. The Balaban J connectivity index is 1.75. The molecule has 0 saturated carbocycles. The fourth-order valence-corrected chi connectivity index (χ4v) is 4.22. The Morgan fingerprint density at radius 1 is 1.00 bits per heavy atom. The van der Waals surface area contributed by atoms with Crippen LogP contribution in [-0.4, -0.2) is 40.2 Å². The van der Waals surface area contributed by atoms with E-state index in [0.29, 0.717) is 6.54 Å². The van der Waals surface area contributed by atoms with Gasteiger partial charge in [0.25, 0.3) is 0 Å². The summed E-state index contributed by atoms with van der Waals surface area (Å²) in [6.45, 7) is 1.86. The third-order valence-corrected chi connectivity index (χ3v) is 5.76. The van der Waals surface area contributed by atoms with Crippen molar-refractivity contribution in [3.63, 3.8) is 0 Å². The number of rotatable bonds is 8. The molecule has 1 heterocycles. The average Bonchev–Trinajstić information content (AvgIpc) is 3.29. The minimum Gasteiger partial charge on any atom is -0.480 e. The summed E-state index contributed by atoms with van der Waals surface area (Å²) in [5.74, 6) is -1.62. The molecule has 0 aliphatic carbocycles. The largest absolute Gasteiger partial charge is 0.480 e. The van der Waals surface area contributed by atoms with Crippen molar-refractivity contribution in [2.24, 2.45) is 4.99 Å². The molecule has 0 spiro atoms. The molecule has 31 heavy (non-hydrogen) atoms. The smallest absolute Gasteiger partial charge is 0.317 e. The number of ketones is 1. The number of hydrogen-bond donors (Lipinski definition) is 1. The van der Waals surface area contributed by atoms with Crippen LogP contribution in [0, 0.1) is 0 Å². The van der Waals surface area contributed by atoms with Crippen LogP contribution in [0.4, 0.5) is 0 Å². The van der Waals surface area contributed by atoms with E-state index in [2.05, 4.69) is 4.99 Å². The van der Waals surface area contributed by atoms with Crippen molar-refractivity contribution in [3.8, 4) is 0 Å². The van der Waals surface area contributed by atoms with Crippen LogP contribution in [0.5, 0.6) is 0 Å². The first-order valence-corrected chi connectivity index (χ1v) is 10.3. The predicted octanol–water partition coefficient (Wildman–Crippen LogP) is 4.44. The minimum atomic E-state index is -1.36. The molecule has 5 nitrogen and oxygen atoms in total. The second kappa shape index (κ2) is 8.66. The number of fused-ring (bicyclic) bond motifs is 1. The molecule has 3 aromatic carbocycles. The van der Waals surface area contributed by atoms with Crippen LogP contribution >= 0.6 is 0 Å². The lowest BCUT2D eigenvalue weighted by atomic mass is 9.85. The van der Waals surface area contributed by atoms with Crippen molar-refractivity contribution >= 4 is 28.7 Å². The van der Waals surface area contributed by atoms with Gasteiger partial charge in [0.15, 0.2) is 11.4 Å². The van der Waals surface area contributed by atoms with Crippen LogP contribution in [0.1, 0.15) is 24.0 Å². The van der Waals surface area contributed by atoms with Crippen molar-refractivity contribution in [1.29, 1.82) is 0 Å². The van der Waals surface area contributed by atoms with Gasteiger partial charge in [-0.2, -0.15) is 0 Å². The van der Waals surface area contributed by atoms with Crippen LogP contribution in [0.15, 0.2) is 89.9 Å². The van der Waals surface area contributed by atoms with Crippen LogP contribution < -0.4 is 0 Å². The molecule has 1 aliphatic heterocycles. The van der Waals surface area contributed by atoms with Gasteiger partial charge in [-0.05, 0) is 34.1 Å². The highest BCUT2D eigenvalue weighted by Gasteiger charge is 2.45. The summed E-state index contributed by atoms with van der Waals surface area (Å²) in [6, 6.07) is 23.4. The molecule has 0 bridgehead atoms. The van der Waals surface area contributed by atoms with Crippen LogP contribution in [0.25, 0.3) is 10.8 Å². The lowest BCUT2D eigenvalue weighted by Crippen LogP contribution is -2.53. The molecular weight excluding hydrogens is 388 g/mol. The van der Waals surface area contributed by atoms with E-state index in [1.165, 1.54) is 0 Å². The van der Waals surface area contributed by atoms with Crippen molar-refractivity contribution in [3.05, 3.63) is 96.1 Å². The van der Waals surface area contributed by atoms with E-state index in [1.54, 1.807) is 23.3 Å². The van der Waals surface area contributed by atoms with Gasteiger partial charge < -0.3 is 5.11 Å². The minimum absolute atomic E-state index is 0.147. The van der Waals surface area contributed by atoms with Gasteiger partial charge in [0.2, 0.25) is 0 Å². The first-order valence-electron chi connectivity index (χ1n) is 10.3. The highest BCUT2D eigenvalue weighted by atomic mass is 16.4. The van der Waals surface area contributed by atoms with Crippen LogP contribution in [0.2, 0.25) is 0 Å². The predicted molar refractivity (Wildman–Crippen MR) is 122 cm³/mol. The standard InChI is InChI=1S/C26H24N2O3/c1-19(22-14-7-12-21-11-5-6-13-23(21)22)25(31)26(15-8-16-27-26)28(18-24(29)30)17-20-9-3-2-4-10-20/h2-16,19H,17-18H2,1H3,(H,29,30). The zero-order valence-corrected chi connectivity index (χ0v) is 17.3. The van der Waals surface area contributed by atoms with E-state index in [-0.39, 0.29) is 12.3 Å². The molecule has 0 aromatic heterocycles. The number of aliphatic imine (C=N–C) groups is 1. The molecular formula is C26H24N2O3. The number of hydrogen-bond acceptors (Lipinski definition) is 4. The number of Topliss-reactive ketones (excluding diaryl/α,β-unsaturated/α-hetero) is 1. The summed E-state index contributed by atoms with van der Waals surface area (Å²) in [5, 5.41) is 11.7. The number of carbonyl (C=O) groups is 2. The summed E-state index contributed by atoms with van der Waals surface area (Å²) in [6.07, 6.45) is 5.00. The maximum Gasteiger partial charge on any atom is 0.317 e. The molecule has 0 radical (unpaired) electrons. The summed E-state index contributed by atoms with van der Waals surface area (Å²) in [7, 11) is 0. The van der Waals surface area contributed by atoms with Crippen LogP contribution in [0.3, 0.4) is 0 Å². The van der Waals surface area contributed by atoms with E-state index in [0.717, 1.165) is 21.9 Å². The first-order chi connectivity index (χ1) is 15.0. The van der Waals surface area contributed by atoms with Crippen molar-refractivity contribution in [1.82, 2.24) is 4.90 Å². The van der Waals surface area contributed by atoms with E-state index in [1.807, 2.05) is 79.7 Å². The fourth-order valence-electron chi connectivity index (χ4n) is 4.22. The van der Waals surface area contributed by atoms with E-state index in [4.69, 9.17) is 0 Å². The fraction of sp³-hybridized carbons (Fsp3) is 0.192. The Morgan fingerprint density at radius 2 is 1.71 bits per heavy atom. The Bertz CT molecular complexity index is 1150. The maximum absolute atomic E-state index is 13.9. The van der Waals surface area contributed by atoms with E-state index >= 15 is 0 Å². The summed E-state index contributed by atoms with van der Waals surface area (Å²) >= 11 is 0. The van der Waals surface area contributed by atoms with Gasteiger partial charge in [0.1, 0.15) is 0 Å². The van der Waals surface area contributed by atoms with Gasteiger partial charge in [-0.1, -0.05) is 79.7 Å². The zero-order chi connectivity index (χ0) is 21.8. The number of aliphatic carboxylic acids is 1. The Hall–Kier alpha value is -3.57. The molecule has 0 fully saturated rings. The molecule has 156 valence electrons. The normalized spacial score (nSPS) is 18.5. The molecule has 0 saturated heterocycles. The van der Waals surface area contributed by atoms with E-state index < -0.39 is 17.6 Å². The van der Waals surface area contributed by atoms with Crippen LogP contribution in [-0.2, 0) is 16.1 Å². The lowest BCUT2D eigenvalue weighted by Gasteiger charge is -2.37. The van der Waals surface area contributed by atoms with E-state index in [9.17, 15) is 14.7 Å². The summed E-state index contributed by atoms with van der Waals surface area (Å²) in [4.78, 5) is 31.8. The molecule has 1 aliphatic rings. The third kappa shape index (κ3) is 4.05. The topological polar surface area (TPSA) is 70.0 Å². The monoisotopic (exact) mass is 412 g/mol. The highest BCUT2D eigenvalue weighted by molar-refractivity contribution is 6.02. The van der Waals surface area contributed by atoms with Gasteiger partial charge in [-0.15, -0.1) is 0 Å². The van der Waals surface area contributed by atoms with Crippen molar-refractivity contribution < 1.29 is 14.7 Å². The second-order valence-electron chi connectivity index (χ2n) is 7.75. The average molecular weight is 412 g/mol. The number of allylic oxidation sites excluding steroid dienone is 1. The number of nitrogens with zero attached hydrogens (tertiary/aromatic N) is 2. The zero-order valence-electron chi connectivity index (χ0n) is 17.3. The number of benzene rings is 3. The number of carbonyl (C=O) groups excluding carboxylic acids is 1. The third-order valence-electron chi connectivity index (χ3n) is 5.76. The van der Waals surface area contributed by atoms with Crippen molar-refractivity contribution in [2.45, 2.75) is 25.0 Å². The SMILES string of the molecule is CC(C(=O)C1(N(CC(=O)O)Cc2ccccc2)C=CC=N1)c1cccc2ccccc12. The Labute approximate surface area is 181 Å². The van der Waals surface area contributed by atoms with Gasteiger partial charge in [-0.25, -0.2) is 0 Å². The molecule has 4 rings (SSSR count). The quantitative estimate of drug-likeness (QED) is 0.594. The van der Waals surface area contributed by atoms with Gasteiger partial charge >= 0.3 is 5.97 Å². The molecule has 0 amide bonds. The maximum atomic E-state index is 13.9. The number of carboxylic acids is 1. The summed E-state index contributed by atoms with van der Waals surface area (Å²) in [5.41, 5.74) is 0.474. The van der Waals surface area contributed by atoms with Gasteiger partial charge in [0, 0.05) is 18.7 Å². The lowest BCUT2D eigenvalue weighted by molar-refractivity contribution is -0.142.